The molecular weight excluding hydrogens is 212 g/mol. The third kappa shape index (κ3) is 1.50. The molecular formula is C14H14N2O. The van der Waals surface area contributed by atoms with E-state index in [4.69, 9.17) is 0 Å². The summed E-state index contributed by atoms with van der Waals surface area (Å²) in [6, 6.07) is 2.06. The third-order valence-electron chi connectivity index (χ3n) is 3.30. The Bertz CT molecular complexity index is 646. The summed E-state index contributed by atoms with van der Waals surface area (Å²) in [5, 5.41) is 2.14. The molecule has 1 aliphatic heterocycles. The van der Waals surface area contributed by atoms with Gasteiger partial charge in [-0.1, -0.05) is 19.4 Å². The Morgan fingerprint density at radius 2 is 2.35 bits per heavy atom. The van der Waals surface area contributed by atoms with Gasteiger partial charge in [-0.15, -0.1) is 0 Å². The Hall–Kier alpha value is -1.90. The van der Waals surface area contributed by atoms with E-state index >= 15 is 0 Å². The highest BCUT2D eigenvalue weighted by molar-refractivity contribution is 6.37. The number of rotatable bonds is 2. The van der Waals surface area contributed by atoms with E-state index in [1.165, 1.54) is 0 Å². The first-order valence-electron chi connectivity index (χ1n) is 5.98. The van der Waals surface area contributed by atoms with E-state index in [9.17, 15) is 4.79 Å². The number of nitrogens with zero attached hydrogens (tertiary/aromatic N) is 2. The van der Waals surface area contributed by atoms with Crippen molar-refractivity contribution in [1.82, 2.24) is 4.57 Å². The molecule has 0 fully saturated rings. The van der Waals surface area contributed by atoms with Crippen molar-refractivity contribution in [2.24, 2.45) is 10.9 Å². The van der Waals surface area contributed by atoms with E-state index in [2.05, 4.69) is 24.1 Å². The average molecular weight is 226 g/mol. The van der Waals surface area contributed by atoms with Crippen LogP contribution in [-0.4, -0.2) is 16.6 Å². The molecule has 0 N–H and O–H groups in total. The first-order chi connectivity index (χ1) is 8.31. The number of hydrogen-bond donors (Lipinski definition) is 0. The number of hydrogen-bond acceptors (Lipinski definition) is 2. The van der Waals surface area contributed by atoms with E-state index < -0.39 is 0 Å². The number of Topliss-reactive ketones (excluding diaryl/α,β-unsaturated/α-hetero) is 1. The van der Waals surface area contributed by atoms with Crippen LogP contribution in [0.2, 0.25) is 0 Å². The van der Waals surface area contributed by atoms with Crippen molar-refractivity contribution in [3.8, 4) is 0 Å². The molecule has 1 unspecified atom stereocenters. The van der Waals surface area contributed by atoms with Crippen LogP contribution in [0, 0.1) is 5.92 Å². The second-order valence-corrected chi connectivity index (χ2v) is 4.44. The molecule has 2 heterocycles. The molecule has 0 saturated heterocycles. The van der Waals surface area contributed by atoms with Crippen LogP contribution in [0.1, 0.15) is 19.8 Å². The molecule has 3 rings (SSSR count). The number of carbonyl (C=O) groups excluding carboxylic acids is 1. The maximum Gasteiger partial charge on any atom is 0.173 e. The van der Waals surface area contributed by atoms with Crippen molar-refractivity contribution in [2.45, 2.75) is 19.8 Å². The summed E-state index contributed by atoms with van der Waals surface area (Å²) in [7, 11) is 0. The quantitative estimate of drug-likeness (QED) is 0.738. The fourth-order valence-corrected chi connectivity index (χ4v) is 2.50. The molecule has 0 bridgehead atoms. The van der Waals surface area contributed by atoms with Crippen molar-refractivity contribution < 1.29 is 4.79 Å². The van der Waals surface area contributed by atoms with E-state index in [0.29, 0.717) is 0 Å². The molecule has 1 aromatic rings. The highest BCUT2D eigenvalue weighted by atomic mass is 16.1. The van der Waals surface area contributed by atoms with Gasteiger partial charge in [-0.2, -0.15) is 0 Å². The fraction of sp³-hybridized carbons (Fsp3) is 0.286. The van der Waals surface area contributed by atoms with Crippen LogP contribution in [0.4, 0.5) is 0 Å². The van der Waals surface area contributed by atoms with Crippen LogP contribution in [-0.2, 0) is 4.79 Å². The lowest BCUT2D eigenvalue weighted by atomic mass is 9.89. The minimum atomic E-state index is 0.0166. The Morgan fingerprint density at radius 3 is 3.18 bits per heavy atom. The normalized spacial score (nSPS) is 21.1. The van der Waals surface area contributed by atoms with Crippen LogP contribution in [0.15, 0.2) is 23.5 Å². The summed E-state index contributed by atoms with van der Waals surface area (Å²) in [6.45, 7) is 2.11. The first-order valence-corrected chi connectivity index (χ1v) is 5.98. The lowest BCUT2D eigenvalue weighted by Gasteiger charge is -2.14. The van der Waals surface area contributed by atoms with E-state index in [0.717, 1.165) is 29.0 Å². The zero-order valence-corrected chi connectivity index (χ0v) is 9.76. The predicted octanol–water partition coefficient (Wildman–Crippen LogP) is 0.931. The molecule has 17 heavy (non-hydrogen) atoms. The van der Waals surface area contributed by atoms with Crippen LogP contribution in [0.3, 0.4) is 0 Å². The minimum Gasteiger partial charge on any atom is -0.321 e. The van der Waals surface area contributed by atoms with Gasteiger partial charge in [-0.25, -0.2) is 0 Å². The Labute approximate surface area is 99.5 Å². The van der Waals surface area contributed by atoms with Gasteiger partial charge in [0.15, 0.2) is 5.78 Å². The highest BCUT2D eigenvalue weighted by Gasteiger charge is 2.24. The smallest absolute Gasteiger partial charge is 0.173 e. The molecule has 0 radical (unpaired) electrons. The average Bonchev–Trinajstić information content (AvgIpc) is 2.59. The molecule has 1 atom stereocenters. The molecule has 86 valence electrons. The molecule has 0 aromatic carbocycles. The highest BCUT2D eigenvalue weighted by Crippen LogP contribution is 2.16. The molecule has 0 saturated carbocycles. The number of ketones is 1. The lowest BCUT2D eigenvalue weighted by molar-refractivity contribution is -0.115. The summed E-state index contributed by atoms with van der Waals surface area (Å²) < 4.78 is 1.97. The minimum absolute atomic E-state index is 0.0166. The monoisotopic (exact) mass is 226 g/mol. The lowest BCUT2D eigenvalue weighted by Crippen LogP contribution is -2.39. The zero-order chi connectivity index (χ0) is 11.8. The molecule has 3 heteroatoms. The largest absolute Gasteiger partial charge is 0.321 e. The SMILES string of the molecule is CCCC1C=c2ccn3c2=C(C=NC=C3)C1=O. The van der Waals surface area contributed by atoms with Crippen molar-refractivity contribution in [3.63, 3.8) is 0 Å². The van der Waals surface area contributed by atoms with Gasteiger partial charge in [0.1, 0.15) is 0 Å². The van der Waals surface area contributed by atoms with Gasteiger partial charge in [0, 0.05) is 30.7 Å². The van der Waals surface area contributed by atoms with Gasteiger partial charge in [0.25, 0.3) is 0 Å². The van der Waals surface area contributed by atoms with Crippen LogP contribution < -0.4 is 10.6 Å². The van der Waals surface area contributed by atoms with Gasteiger partial charge in [-0.05, 0) is 17.7 Å². The van der Waals surface area contributed by atoms with Crippen LogP contribution in [0.25, 0.3) is 17.8 Å². The predicted molar refractivity (Wildman–Crippen MR) is 68.8 cm³/mol. The topological polar surface area (TPSA) is 34.4 Å². The van der Waals surface area contributed by atoms with Gasteiger partial charge < -0.3 is 4.57 Å². The standard InChI is InChI=1S/C14H14N2O/c1-2-3-11-8-10-4-6-16-7-5-15-9-12(13(10)16)14(11)17/h4-9,11H,2-3H2,1H3. The number of aromatic nitrogens is 1. The third-order valence-corrected chi connectivity index (χ3v) is 3.30. The van der Waals surface area contributed by atoms with Crippen molar-refractivity contribution >= 4 is 29.8 Å². The summed E-state index contributed by atoms with van der Waals surface area (Å²) >= 11 is 0. The maximum absolute atomic E-state index is 12.3. The van der Waals surface area contributed by atoms with Gasteiger partial charge in [0.05, 0.1) is 10.9 Å². The van der Waals surface area contributed by atoms with Gasteiger partial charge in [0.2, 0.25) is 0 Å². The summed E-state index contributed by atoms with van der Waals surface area (Å²) in [5.74, 6) is 0.217. The molecule has 3 nitrogen and oxygen atoms in total. The zero-order valence-electron chi connectivity index (χ0n) is 9.76. The van der Waals surface area contributed by atoms with Gasteiger partial charge >= 0.3 is 0 Å². The number of carbonyl (C=O) groups is 1. The Kier molecular flexibility index (Phi) is 2.32. The van der Waals surface area contributed by atoms with Gasteiger partial charge in [-0.3, -0.25) is 9.79 Å². The first kappa shape index (κ1) is 10.3. The molecule has 0 spiro atoms. The summed E-state index contributed by atoms with van der Waals surface area (Å²) in [6.07, 6.45) is 11.3. The molecule has 0 amide bonds. The second kappa shape index (κ2) is 3.84. The van der Waals surface area contributed by atoms with Crippen LogP contribution in [0.5, 0.6) is 0 Å². The van der Waals surface area contributed by atoms with E-state index in [1.54, 1.807) is 12.4 Å². The summed E-state index contributed by atoms with van der Waals surface area (Å²) in [5.41, 5.74) is 0.746. The number of aliphatic imine (C=N–C) groups is 1. The van der Waals surface area contributed by atoms with E-state index in [1.807, 2.05) is 17.0 Å². The van der Waals surface area contributed by atoms with Crippen molar-refractivity contribution in [1.29, 1.82) is 0 Å². The molecule has 1 aromatic heterocycles. The Morgan fingerprint density at radius 1 is 1.47 bits per heavy atom. The summed E-state index contributed by atoms with van der Waals surface area (Å²) in [4.78, 5) is 16.5. The second-order valence-electron chi connectivity index (χ2n) is 4.44. The maximum atomic E-state index is 12.3. The van der Waals surface area contributed by atoms with Crippen LogP contribution >= 0.6 is 0 Å². The van der Waals surface area contributed by atoms with Crippen molar-refractivity contribution in [2.75, 3.05) is 0 Å². The molecule has 1 aliphatic carbocycles. The fourth-order valence-electron chi connectivity index (χ4n) is 2.50. The Balaban J connectivity index is 2.29. The molecule has 2 aliphatic rings. The van der Waals surface area contributed by atoms with Crippen molar-refractivity contribution in [3.05, 3.63) is 29.0 Å². The van der Waals surface area contributed by atoms with E-state index in [-0.39, 0.29) is 11.7 Å².